The number of aliphatic hydroxyl groups is 1. The van der Waals surface area contributed by atoms with Crippen LogP contribution in [0.5, 0.6) is 5.75 Å². The van der Waals surface area contributed by atoms with Crippen molar-refractivity contribution in [3.8, 4) is 5.75 Å². The van der Waals surface area contributed by atoms with Crippen LogP contribution in [0, 0.1) is 0 Å². The summed E-state index contributed by atoms with van der Waals surface area (Å²) in [6.07, 6.45) is 0.609. The van der Waals surface area contributed by atoms with E-state index in [-0.39, 0.29) is 6.03 Å². The van der Waals surface area contributed by atoms with Gasteiger partial charge in [0.25, 0.3) is 0 Å². The molecule has 5 nitrogen and oxygen atoms in total. The Morgan fingerprint density at radius 2 is 2.13 bits per heavy atom. The Balaban J connectivity index is 1.78. The van der Waals surface area contributed by atoms with Gasteiger partial charge in [0.2, 0.25) is 0 Å². The van der Waals surface area contributed by atoms with Gasteiger partial charge < -0.3 is 20.1 Å². The Kier molecular flexibility index (Phi) is 4.13. The Morgan fingerprint density at radius 1 is 1.35 bits per heavy atom. The van der Waals surface area contributed by atoms with Crippen molar-refractivity contribution < 1.29 is 14.6 Å². The molecule has 1 aliphatic heterocycles. The zero-order chi connectivity index (χ0) is 16.4. The van der Waals surface area contributed by atoms with Gasteiger partial charge in [-0.15, -0.1) is 0 Å². The third-order valence-electron chi connectivity index (χ3n) is 4.37. The normalized spacial score (nSPS) is 20.7. The van der Waals surface area contributed by atoms with Gasteiger partial charge in [-0.05, 0) is 30.2 Å². The molecule has 23 heavy (non-hydrogen) atoms. The number of likely N-dealkylation sites (tertiary alicyclic amines) is 1. The van der Waals surface area contributed by atoms with Gasteiger partial charge in [-0.1, -0.05) is 30.3 Å². The molecule has 0 spiro atoms. The molecule has 2 N–H and O–H groups in total. The highest BCUT2D eigenvalue weighted by Crippen LogP contribution is 2.28. The average molecular weight is 314 g/mol. The summed E-state index contributed by atoms with van der Waals surface area (Å²) in [5.41, 5.74) is 0.180. The van der Waals surface area contributed by atoms with Crippen molar-refractivity contribution >= 4 is 16.8 Å². The third kappa shape index (κ3) is 3.24. The number of hydrogen-bond acceptors (Lipinski definition) is 3. The molecule has 2 aromatic rings. The van der Waals surface area contributed by atoms with E-state index in [0.717, 1.165) is 22.1 Å². The van der Waals surface area contributed by atoms with Crippen LogP contribution in [0.25, 0.3) is 10.8 Å². The minimum Gasteiger partial charge on any atom is -0.496 e. The standard InChI is InChI=1S/C18H22N2O3/c1-18(22)9-10-20(12-18)17(21)19-11-15-14-6-4-3-5-13(14)7-8-16(15)23-2/h3-8,22H,9-12H2,1-2H3,(H,19,21). The first-order valence-electron chi connectivity index (χ1n) is 7.80. The van der Waals surface area contributed by atoms with Gasteiger partial charge in [-0.3, -0.25) is 0 Å². The van der Waals surface area contributed by atoms with E-state index in [0.29, 0.717) is 26.1 Å². The van der Waals surface area contributed by atoms with E-state index in [9.17, 15) is 9.90 Å². The Labute approximate surface area is 135 Å². The minimum absolute atomic E-state index is 0.155. The van der Waals surface area contributed by atoms with E-state index >= 15 is 0 Å². The molecule has 0 aromatic heterocycles. The topological polar surface area (TPSA) is 61.8 Å². The number of fused-ring (bicyclic) bond motifs is 1. The quantitative estimate of drug-likeness (QED) is 0.915. The first kappa shape index (κ1) is 15.6. The number of rotatable bonds is 3. The zero-order valence-electron chi connectivity index (χ0n) is 13.5. The van der Waals surface area contributed by atoms with Crippen LogP contribution in [0.2, 0.25) is 0 Å². The van der Waals surface area contributed by atoms with E-state index in [2.05, 4.69) is 5.32 Å². The molecule has 0 aliphatic carbocycles. The molecule has 1 heterocycles. The van der Waals surface area contributed by atoms with Crippen LogP contribution < -0.4 is 10.1 Å². The summed E-state index contributed by atoms with van der Waals surface area (Å²) in [4.78, 5) is 14.0. The zero-order valence-corrected chi connectivity index (χ0v) is 13.5. The number of benzene rings is 2. The number of nitrogens with zero attached hydrogens (tertiary/aromatic N) is 1. The van der Waals surface area contributed by atoms with E-state index < -0.39 is 5.60 Å². The SMILES string of the molecule is COc1ccc2ccccc2c1CNC(=O)N1CCC(C)(O)C1. The second-order valence-corrected chi connectivity index (χ2v) is 6.29. The largest absolute Gasteiger partial charge is 0.496 e. The number of β-amino-alcohol motifs (C(OH)–C–C–N with tert-alkyl or cyclic N) is 1. The number of amides is 2. The maximum absolute atomic E-state index is 12.3. The lowest BCUT2D eigenvalue weighted by atomic mass is 10.0. The molecule has 0 saturated carbocycles. The number of carbonyl (C=O) groups excluding carboxylic acids is 1. The lowest BCUT2D eigenvalue weighted by Crippen LogP contribution is -2.40. The Hall–Kier alpha value is -2.27. The molecule has 1 aliphatic rings. The fourth-order valence-electron chi connectivity index (χ4n) is 3.08. The first-order chi connectivity index (χ1) is 11.0. The van der Waals surface area contributed by atoms with E-state index in [1.807, 2.05) is 36.4 Å². The molecule has 0 radical (unpaired) electrons. The van der Waals surface area contributed by atoms with Gasteiger partial charge in [0.1, 0.15) is 5.75 Å². The van der Waals surface area contributed by atoms with E-state index in [1.165, 1.54) is 0 Å². The summed E-state index contributed by atoms with van der Waals surface area (Å²) >= 11 is 0. The summed E-state index contributed by atoms with van der Waals surface area (Å²) in [7, 11) is 1.63. The molecule has 1 atom stereocenters. The second kappa shape index (κ2) is 6.08. The van der Waals surface area contributed by atoms with Crippen molar-refractivity contribution in [2.75, 3.05) is 20.2 Å². The maximum atomic E-state index is 12.3. The van der Waals surface area contributed by atoms with Gasteiger partial charge >= 0.3 is 6.03 Å². The van der Waals surface area contributed by atoms with Gasteiger partial charge in [-0.2, -0.15) is 0 Å². The third-order valence-corrected chi connectivity index (χ3v) is 4.37. The Bertz CT molecular complexity index is 727. The number of nitrogens with one attached hydrogen (secondary N) is 1. The molecule has 2 aromatic carbocycles. The van der Waals surface area contributed by atoms with Crippen LogP contribution in [-0.4, -0.2) is 41.8 Å². The molecule has 122 valence electrons. The molecule has 1 unspecified atom stereocenters. The lowest BCUT2D eigenvalue weighted by molar-refractivity contribution is 0.0719. The monoisotopic (exact) mass is 314 g/mol. The fraction of sp³-hybridized carbons (Fsp3) is 0.389. The predicted octanol–water partition coefficient (Wildman–Crippen LogP) is 2.51. The number of ether oxygens (including phenoxy) is 1. The highest BCUT2D eigenvalue weighted by Gasteiger charge is 2.33. The van der Waals surface area contributed by atoms with Crippen LogP contribution in [-0.2, 0) is 6.54 Å². The summed E-state index contributed by atoms with van der Waals surface area (Å²) in [6.45, 7) is 3.09. The smallest absolute Gasteiger partial charge is 0.317 e. The molecule has 2 amide bonds. The highest BCUT2D eigenvalue weighted by molar-refractivity contribution is 5.88. The summed E-state index contributed by atoms with van der Waals surface area (Å²) in [5.74, 6) is 0.761. The van der Waals surface area contributed by atoms with Crippen LogP contribution in [0.4, 0.5) is 4.79 Å². The van der Waals surface area contributed by atoms with Crippen molar-refractivity contribution in [3.63, 3.8) is 0 Å². The van der Waals surface area contributed by atoms with E-state index in [1.54, 1.807) is 18.9 Å². The summed E-state index contributed by atoms with van der Waals surface area (Å²) in [6, 6.07) is 11.8. The average Bonchev–Trinajstić information content (AvgIpc) is 2.92. The molecule has 5 heteroatoms. The van der Waals surface area contributed by atoms with Crippen molar-refractivity contribution in [2.24, 2.45) is 0 Å². The molecular weight excluding hydrogens is 292 g/mol. The summed E-state index contributed by atoms with van der Waals surface area (Å²) in [5, 5.41) is 15.1. The summed E-state index contributed by atoms with van der Waals surface area (Å²) < 4.78 is 5.44. The second-order valence-electron chi connectivity index (χ2n) is 6.29. The predicted molar refractivity (Wildman–Crippen MR) is 89.5 cm³/mol. The highest BCUT2D eigenvalue weighted by atomic mass is 16.5. The molecule has 1 fully saturated rings. The number of urea groups is 1. The molecule has 1 saturated heterocycles. The number of carbonyl (C=O) groups is 1. The first-order valence-corrected chi connectivity index (χ1v) is 7.80. The van der Waals surface area contributed by atoms with Gasteiger partial charge in [0, 0.05) is 18.7 Å². The number of hydrogen-bond donors (Lipinski definition) is 2. The van der Waals surface area contributed by atoms with Gasteiger partial charge in [-0.25, -0.2) is 4.79 Å². The van der Waals surface area contributed by atoms with Crippen molar-refractivity contribution in [1.29, 1.82) is 0 Å². The lowest BCUT2D eigenvalue weighted by Gasteiger charge is -2.20. The van der Waals surface area contributed by atoms with Crippen molar-refractivity contribution in [1.82, 2.24) is 10.2 Å². The van der Waals surface area contributed by atoms with Crippen LogP contribution in [0.1, 0.15) is 18.9 Å². The van der Waals surface area contributed by atoms with Crippen LogP contribution in [0.3, 0.4) is 0 Å². The fourth-order valence-corrected chi connectivity index (χ4v) is 3.08. The van der Waals surface area contributed by atoms with E-state index in [4.69, 9.17) is 4.74 Å². The Morgan fingerprint density at radius 3 is 2.83 bits per heavy atom. The molecular formula is C18H22N2O3. The maximum Gasteiger partial charge on any atom is 0.317 e. The van der Waals surface area contributed by atoms with Gasteiger partial charge in [0.05, 0.1) is 19.3 Å². The molecule has 0 bridgehead atoms. The van der Waals surface area contributed by atoms with Crippen molar-refractivity contribution in [3.05, 3.63) is 42.0 Å². The van der Waals surface area contributed by atoms with Crippen LogP contribution >= 0.6 is 0 Å². The number of methoxy groups -OCH3 is 1. The van der Waals surface area contributed by atoms with Crippen LogP contribution in [0.15, 0.2) is 36.4 Å². The van der Waals surface area contributed by atoms with Gasteiger partial charge in [0.15, 0.2) is 0 Å². The minimum atomic E-state index is -0.783. The molecule has 3 rings (SSSR count). The van der Waals surface area contributed by atoms with Crippen molar-refractivity contribution in [2.45, 2.75) is 25.5 Å².